The van der Waals surface area contributed by atoms with Gasteiger partial charge < -0.3 is 9.47 Å². The Morgan fingerprint density at radius 3 is 2.20 bits per heavy atom. The van der Waals surface area contributed by atoms with Gasteiger partial charge in [-0.15, -0.1) is 0 Å². The summed E-state index contributed by atoms with van der Waals surface area (Å²) in [5.41, 5.74) is 1.04. The Labute approximate surface area is 89.4 Å². The molecular weight excluding hydrogens is 188 g/mol. The van der Waals surface area contributed by atoms with Gasteiger partial charge in [-0.05, 0) is 16.8 Å². The largest absolute Gasteiger partial charge is 0.352 e. The van der Waals surface area contributed by atoms with Gasteiger partial charge in [0.2, 0.25) is 0 Å². The Morgan fingerprint density at radius 1 is 0.867 bits per heavy atom. The summed E-state index contributed by atoms with van der Waals surface area (Å²) in [6.45, 7) is 0. The van der Waals surface area contributed by atoms with E-state index in [0.29, 0.717) is 0 Å². The predicted octanol–water partition coefficient (Wildman–Crippen LogP) is 3.13. The van der Waals surface area contributed by atoms with E-state index < -0.39 is 0 Å². The van der Waals surface area contributed by atoms with E-state index in [1.165, 1.54) is 10.8 Å². The Bertz CT molecular complexity index is 447. The fourth-order valence-corrected chi connectivity index (χ4v) is 1.72. The van der Waals surface area contributed by atoms with Crippen molar-refractivity contribution in [3.05, 3.63) is 48.0 Å². The van der Waals surface area contributed by atoms with Crippen molar-refractivity contribution in [3.8, 4) is 0 Å². The van der Waals surface area contributed by atoms with E-state index in [4.69, 9.17) is 9.47 Å². The summed E-state index contributed by atoms with van der Waals surface area (Å²) < 4.78 is 10.4. The molecule has 2 rings (SSSR count). The molecule has 0 saturated heterocycles. The molecule has 0 aliphatic heterocycles. The zero-order chi connectivity index (χ0) is 10.7. The molecule has 0 amide bonds. The van der Waals surface area contributed by atoms with Gasteiger partial charge in [-0.3, -0.25) is 0 Å². The minimum atomic E-state index is -0.283. The fourth-order valence-electron chi connectivity index (χ4n) is 1.72. The molecule has 2 aromatic carbocycles. The summed E-state index contributed by atoms with van der Waals surface area (Å²) in [6, 6.07) is 14.4. The Hall–Kier alpha value is -1.38. The van der Waals surface area contributed by atoms with Crippen molar-refractivity contribution in [2.75, 3.05) is 14.2 Å². The lowest BCUT2D eigenvalue weighted by Gasteiger charge is -2.14. The predicted molar refractivity (Wildman–Crippen MR) is 60.7 cm³/mol. The third-order valence-electron chi connectivity index (χ3n) is 2.47. The van der Waals surface area contributed by atoms with Crippen LogP contribution in [0.5, 0.6) is 0 Å². The minimum Gasteiger partial charge on any atom is -0.352 e. The highest BCUT2D eigenvalue weighted by atomic mass is 16.7. The van der Waals surface area contributed by atoms with E-state index in [-0.39, 0.29) is 6.29 Å². The summed E-state index contributed by atoms with van der Waals surface area (Å²) in [6.07, 6.45) is -0.283. The van der Waals surface area contributed by atoms with Crippen LogP contribution in [0, 0.1) is 0 Å². The molecule has 0 fully saturated rings. The van der Waals surface area contributed by atoms with Gasteiger partial charge in [0, 0.05) is 19.8 Å². The van der Waals surface area contributed by atoms with E-state index in [2.05, 4.69) is 24.3 Å². The van der Waals surface area contributed by atoms with Gasteiger partial charge in [-0.25, -0.2) is 0 Å². The van der Waals surface area contributed by atoms with Gasteiger partial charge in [0.15, 0.2) is 6.29 Å². The SMILES string of the molecule is COC(OC)c1ccc2ccccc2c1. The maximum atomic E-state index is 5.21. The van der Waals surface area contributed by atoms with E-state index in [0.717, 1.165) is 5.56 Å². The molecule has 0 aromatic heterocycles. The first kappa shape index (κ1) is 10.1. The average Bonchev–Trinajstić information content (AvgIpc) is 2.30. The molecule has 0 bridgehead atoms. The van der Waals surface area contributed by atoms with Gasteiger partial charge in [0.25, 0.3) is 0 Å². The number of hydrogen-bond acceptors (Lipinski definition) is 2. The number of benzene rings is 2. The number of rotatable bonds is 3. The lowest BCUT2D eigenvalue weighted by molar-refractivity contribution is -0.105. The zero-order valence-corrected chi connectivity index (χ0v) is 8.94. The van der Waals surface area contributed by atoms with E-state index >= 15 is 0 Å². The van der Waals surface area contributed by atoms with Crippen LogP contribution in [0.4, 0.5) is 0 Å². The van der Waals surface area contributed by atoms with Crippen LogP contribution >= 0.6 is 0 Å². The molecule has 0 N–H and O–H groups in total. The van der Waals surface area contributed by atoms with Crippen LogP contribution in [0.3, 0.4) is 0 Å². The summed E-state index contributed by atoms with van der Waals surface area (Å²) in [5.74, 6) is 0. The Morgan fingerprint density at radius 2 is 1.53 bits per heavy atom. The van der Waals surface area contributed by atoms with E-state index in [9.17, 15) is 0 Å². The molecule has 0 heterocycles. The summed E-state index contributed by atoms with van der Waals surface area (Å²) in [4.78, 5) is 0. The van der Waals surface area contributed by atoms with Crippen molar-refractivity contribution in [3.63, 3.8) is 0 Å². The van der Waals surface area contributed by atoms with Gasteiger partial charge in [-0.1, -0.05) is 36.4 Å². The van der Waals surface area contributed by atoms with E-state index in [1.807, 2.05) is 18.2 Å². The first-order valence-corrected chi connectivity index (χ1v) is 4.89. The Kier molecular flexibility index (Phi) is 2.99. The number of hydrogen-bond donors (Lipinski definition) is 0. The molecule has 2 aromatic rings. The lowest BCUT2D eigenvalue weighted by atomic mass is 10.1. The number of fused-ring (bicyclic) bond motifs is 1. The maximum Gasteiger partial charge on any atom is 0.183 e. The van der Waals surface area contributed by atoms with Crippen LogP contribution in [0.2, 0.25) is 0 Å². The van der Waals surface area contributed by atoms with Gasteiger partial charge >= 0.3 is 0 Å². The number of methoxy groups -OCH3 is 2. The van der Waals surface area contributed by atoms with Crippen LogP contribution in [-0.2, 0) is 9.47 Å². The van der Waals surface area contributed by atoms with Crippen LogP contribution in [-0.4, -0.2) is 14.2 Å². The molecule has 0 spiro atoms. The highest BCUT2D eigenvalue weighted by Gasteiger charge is 2.08. The molecule has 2 nitrogen and oxygen atoms in total. The molecule has 15 heavy (non-hydrogen) atoms. The van der Waals surface area contributed by atoms with Crippen molar-refractivity contribution >= 4 is 10.8 Å². The first-order valence-electron chi connectivity index (χ1n) is 4.89. The smallest absolute Gasteiger partial charge is 0.183 e. The topological polar surface area (TPSA) is 18.5 Å². The van der Waals surface area contributed by atoms with Crippen LogP contribution in [0.1, 0.15) is 11.9 Å². The normalized spacial score (nSPS) is 11.1. The van der Waals surface area contributed by atoms with Crippen LogP contribution in [0.15, 0.2) is 42.5 Å². The van der Waals surface area contributed by atoms with Crippen molar-refractivity contribution in [1.82, 2.24) is 0 Å². The fraction of sp³-hybridized carbons (Fsp3) is 0.231. The summed E-state index contributed by atoms with van der Waals surface area (Å²) in [5, 5.41) is 2.43. The molecule has 2 heteroatoms. The molecule has 0 radical (unpaired) electrons. The summed E-state index contributed by atoms with van der Waals surface area (Å²) >= 11 is 0. The second-order valence-corrected chi connectivity index (χ2v) is 3.41. The van der Waals surface area contributed by atoms with Gasteiger partial charge in [0.05, 0.1) is 0 Å². The monoisotopic (exact) mass is 202 g/mol. The Balaban J connectivity index is 2.46. The van der Waals surface area contributed by atoms with Crippen molar-refractivity contribution in [1.29, 1.82) is 0 Å². The standard InChI is InChI=1S/C13H14O2/c1-14-13(15-2)12-8-7-10-5-3-4-6-11(10)9-12/h3-9,13H,1-2H3. The molecule has 0 saturated carbocycles. The quantitative estimate of drug-likeness (QED) is 0.712. The maximum absolute atomic E-state index is 5.21. The zero-order valence-electron chi connectivity index (χ0n) is 8.94. The second-order valence-electron chi connectivity index (χ2n) is 3.41. The molecule has 0 atom stereocenters. The molecular formula is C13H14O2. The van der Waals surface area contributed by atoms with Crippen molar-refractivity contribution in [2.24, 2.45) is 0 Å². The summed E-state index contributed by atoms with van der Waals surface area (Å²) in [7, 11) is 3.28. The lowest BCUT2D eigenvalue weighted by Crippen LogP contribution is -2.03. The molecule has 0 aliphatic carbocycles. The molecule has 0 aliphatic rings. The average molecular weight is 202 g/mol. The highest BCUT2D eigenvalue weighted by Crippen LogP contribution is 2.22. The van der Waals surface area contributed by atoms with Crippen LogP contribution < -0.4 is 0 Å². The molecule has 78 valence electrons. The van der Waals surface area contributed by atoms with Crippen molar-refractivity contribution in [2.45, 2.75) is 6.29 Å². The van der Waals surface area contributed by atoms with Gasteiger partial charge in [0.1, 0.15) is 0 Å². The van der Waals surface area contributed by atoms with Crippen molar-refractivity contribution < 1.29 is 9.47 Å². The highest BCUT2D eigenvalue weighted by molar-refractivity contribution is 5.83. The van der Waals surface area contributed by atoms with Gasteiger partial charge in [-0.2, -0.15) is 0 Å². The third-order valence-corrected chi connectivity index (χ3v) is 2.47. The minimum absolute atomic E-state index is 0.283. The second kappa shape index (κ2) is 4.43. The third kappa shape index (κ3) is 2.01. The first-order chi connectivity index (χ1) is 7.35. The van der Waals surface area contributed by atoms with E-state index in [1.54, 1.807) is 14.2 Å². The number of ether oxygens (including phenoxy) is 2. The molecule has 0 unspecified atom stereocenters. The van der Waals surface area contributed by atoms with Crippen LogP contribution in [0.25, 0.3) is 10.8 Å².